The van der Waals surface area contributed by atoms with E-state index < -0.39 is 18.2 Å². The summed E-state index contributed by atoms with van der Waals surface area (Å²) < 4.78 is 4.69. The number of hydrogen-bond acceptors (Lipinski definition) is 4. The van der Waals surface area contributed by atoms with Gasteiger partial charge >= 0.3 is 12.1 Å². The Morgan fingerprint density at radius 3 is 2.39 bits per heavy atom. The smallest absolute Gasteiger partial charge is 0.415 e. The molecule has 0 aliphatic carbocycles. The highest BCUT2D eigenvalue weighted by atomic mass is 16.6. The first-order valence-corrected chi connectivity index (χ1v) is 5.31. The van der Waals surface area contributed by atoms with E-state index in [1.165, 1.54) is 11.8 Å². The van der Waals surface area contributed by atoms with Crippen LogP contribution in [0.1, 0.15) is 17.3 Å². The van der Waals surface area contributed by atoms with E-state index in [2.05, 4.69) is 4.74 Å². The molecule has 1 aromatic rings. The molecule has 1 aromatic carbocycles. The van der Waals surface area contributed by atoms with Crippen LogP contribution >= 0.6 is 0 Å². The highest BCUT2D eigenvalue weighted by molar-refractivity contribution is 5.96. The van der Waals surface area contributed by atoms with Crippen LogP contribution in [0.5, 0.6) is 0 Å². The molecule has 1 atom stereocenters. The number of carboxylic acids is 1. The Balaban J connectivity index is 2.19. The number of hydrogen-bond donors (Lipinski definition) is 1. The maximum Gasteiger partial charge on any atom is 0.415 e. The number of benzene rings is 1. The first kappa shape index (κ1) is 12.1. The molecule has 2 rings (SSSR count). The molecule has 1 N–H and O–H groups in total. The Morgan fingerprint density at radius 1 is 1.33 bits per heavy atom. The van der Waals surface area contributed by atoms with Crippen LogP contribution in [0.3, 0.4) is 0 Å². The minimum atomic E-state index is -1.17. The quantitative estimate of drug-likeness (QED) is 0.816. The van der Waals surface area contributed by atoms with Crippen LogP contribution in [-0.2, 0) is 9.53 Å². The molecule has 0 bridgehead atoms. The van der Waals surface area contributed by atoms with Crippen LogP contribution in [0.25, 0.3) is 0 Å². The normalized spacial score (nSPS) is 18.6. The summed E-state index contributed by atoms with van der Waals surface area (Å²) in [5.41, 5.74) is 1.04. The zero-order chi connectivity index (χ0) is 13.3. The Labute approximate surface area is 103 Å². The fraction of sp³-hybridized carbons (Fsp3) is 0.250. The first-order chi connectivity index (χ1) is 8.49. The third kappa shape index (κ3) is 2.17. The minimum Gasteiger partial charge on any atom is -0.478 e. The van der Waals surface area contributed by atoms with Gasteiger partial charge in [-0.2, -0.15) is 0 Å². The lowest BCUT2D eigenvalue weighted by molar-refractivity contribution is -0.144. The molecule has 94 valence electrons. The number of cyclic esters (lactones) is 1. The number of ether oxygens (including phenoxy) is 1. The molecule has 1 aliphatic heterocycles. The van der Waals surface area contributed by atoms with Gasteiger partial charge in [-0.25, -0.2) is 9.59 Å². The van der Waals surface area contributed by atoms with Crippen molar-refractivity contribution < 1.29 is 24.2 Å². The number of amides is 1. The summed E-state index contributed by atoms with van der Waals surface area (Å²) in [4.78, 5) is 34.5. The standard InChI is InChI=1S/C12H11NO5/c1-7(14)8-2-4-9(5-3-8)13-6-10(11(15)16)18-12(13)17/h2-5,10H,6H2,1H3,(H,15,16)/t10-/m0/s1. The molecule has 0 spiro atoms. The minimum absolute atomic E-state index is 0.0341. The number of anilines is 1. The van der Waals surface area contributed by atoms with Crippen molar-refractivity contribution in [2.24, 2.45) is 0 Å². The molecule has 1 saturated heterocycles. The van der Waals surface area contributed by atoms with E-state index in [-0.39, 0.29) is 12.3 Å². The van der Waals surface area contributed by atoms with Crippen molar-refractivity contribution in [1.82, 2.24) is 0 Å². The lowest BCUT2D eigenvalue weighted by Crippen LogP contribution is -2.27. The Hall–Kier alpha value is -2.37. The number of Topliss-reactive ketones (excluding diaryl/α,β-unsaturated/α-hetero) is 1. The van der Waals surface area contributed by atoms with E-state index in [1.54, 1.807) is 24.3 Å². The molecular weight excluding hydrogens is 238 g/mol. The van der Waals surface area contributed by atoms with Crippen molar-refractivity contribution in [3.8, 4) is 0 Å². The van der Waals surface area contributed by atoms with Gasteiger partial charge in [0, 0.05) is 11.3 Å². The number of carbonyl (C=O) groups excluding carboxylic acids is 2. The molecule has 1 amide bonds. The fourth-order valence-corrected chi connectivity index (χ4v) is 1.68. The number of aliphatic carboxylic acids is 1. The van der Waals surface area contributed by atoms with Crippen LogP contribution in [-0.4, -0.2) is 35.6 Å². The van der Waals surface area contributed by atoms with Gasteiger partial charge in [-0.05, 0) is 31.2 Å². The fourth-order valence-electron chi connectivity index (χ4n) is 1.68. The third-order valence-corrected chi connectivity index (χ3v) is 2.67. The number of ketones is 1. The van der Waals surface area contributed by atoms with E-state index in [0.29, 0.717) is 11.3 Å². The summed E-state index contributed by atoms with van der Waals surface area (Å²) in [5, 5.41) is 8.76. The molecule has 6 heteroatoms. The van der Waals surface area contributed by atoms with Gasteiger partial charge in [-0.1, -0.05) is 0 Å². The zero-order valence-corrected chi connectivity index (χ0v) is 9.62. The number of nitrogens with zero attached hydrogens (tertiary/aromatic N) is 1. The van der Waals surface area contributed by atoms with Crippen molar-refractivity contribution in [2.75, 3.05) is 11.4 Å². The lowest BCUT2D eigenvalue weighted by atomic mass is 10.1. The van der Waals surface area contributed by atoms with Gasteiger partial charge < -0.3 is 9.84 Å². The van der Waals surface area contributed by atoms with Gasteiger partial charge in [-0.3, -0.25) is 9.69 Å². The monoisotopic (exact) mass is 249 g/mol. The zero-order valence-electron chi connectivity index (χ0n) is 9.62. The summed E-state index contributed by atoms with van der Waals surface area (Å²) in [6.45, 7) is 1.41. The van der Waals surface area contributed by atoms with E-state index in [1.807, 2.05) is 0 Å². The summed E-state index contributed by atoms with van der Waals surface area (Å²) in [5.74, 6) is -1.25. The van der Waals surface area contributed by atoms with Crippen molar-refractivity contribution in [3.63, 3.8) is 0 Å². The number of rotatable bonds is 3. The first-order valence-electron chi connectivity index (χ1n) is 5.31. The van der Waals surface area contributed by atoms with Crippen LogP contribution < -0.4 is 4.90 Å². The maximum absolute atomic E-state index is 11.5. The molecule has 18 heavy (non-hydrogen) atoms. The van der Waals surface area contributed by atoms with Gasteiger partial charge in [0.2, 0.25) is 6.10 Å². The molecule has 0 saturated carbocycles. The third-order valence-electron chi connectivity index (χ3n) is 2.67. The van der Waals surface area contributed by atoms with Crippen molar-refractivity contribution in [3.05, 3.63) is 29.8 Å². The van der Waals surface area contributed by atoms with Gasteiger partial charge in [0.05, 0.1) is 6.54 Å². The van der Waals surface area contributed by atoms with Gasteiger partial charge in [0.25, 0.3) is 0 Å². The Bertz CT molecular complexity index is 508. The second kappa shape index (κ2) is 4.48. The highest BCUT2D eigenvalue weighted by Gasteiger charge is 2.36. The lowest BCUT2D eigenvalue weighted by Gasteiger charge is -2.12. The second-order valence-corrected chi connectivity index (χ2v) is 3.92. The van der Waals surface area contributed by atoms with Crippen LogP contribution in [0, 0.1) is 0 Å². The molecule has 0 unspecified atom stereocenters. The van der Waals surface area contributed by atoms with Crippen LogP contribution in [0.2, 0.25) is 0 Å². The van der Waals surface area contributed by atoms with Crippen molar-refractivity contribution in [2.45, 2.75) is 13.0 Å². The molecule has 1 aliphatic rings. The average molecular weight is 249 g/mol. The van der Waals surface area contributed by atoms with Crippen molar-refractivity contribution >= 4 is 23.5 Å². The Morgan fingerprint density at radius 2 is 1.94 bits per heavy atom. The van der Waals surface area contributed by atoms with Gasteiger partial charge in [0.1, 0.15) is 0 Å². The molecule has 1 fully saturated rings. The topological polar surface area (TPSA) is 83.9 Å². The maximum atomic E-state index is 11.5. The summed E-state index contributed by atoms with van der Waals surface area (Å²) in [7, 11) is 0. The summed E-state index contributed by atoms with van der Waals surface area (Å²) in [6, 6.07) is 6.34. The van der Waals surface area contributed by atoms with E-state index in [9.17, 15) is 14.4 Å². The van der Waals surface area contributed by atoms with Crippen LogP contribution in [0.15, 0.2) is 24.3 Å². The van der Waals surface area contributed by atoms with Crippen molar-refractivity contribution in [1.29, 1.82) is 0 Å². The van der Waals surface area contributed by atoms with E-state index in [0.717, 1.165) is 0 Å². The van der Waals surface area contributed by atoms with E-state index in [4.69, 9.17) is 5.11 Å². The summed E-state index contributed by atoms with van der Waals surface area (Å²) >= 11 is 0. The number of carboxylic acid groups (broad SMARTS) is 1. The molecule has 6 nitrogen and oxygen atoms in total. The average Bonchev–Trinajstić information content (AvgIpc) is 2.71. The highest BCUT2D eigenvalue weighted by Crippen LogP contribution is 2.22. The molecule has 1 heterocycles. The van der Waals surface area contributed by atoms with Crippen LogP contribution in [0.4, 0.5) is 10.5 Å². The largest absolute Gasteiger partial charge is 0.478 e. The number of carbonyl (C=O) groups is 3. The molecule has 0 aromatic heterocycles. The molecular formula is C12H11NO5. The van der Waals surface area contributed by atoms with E-state index >= 15 is 0 Å². The van der Waals surface area contributed by atoms with Gasteiger partial charge in [0.15, 0.2) is 5.78 Å². The predicted octanol–water partition coefficient (Wildman–Crippen LogP) is 1.30. The SMILES string of the molecule is CC(=O)c1ccc(N2C[C@@H](C(=O)O)OC2=O)cc1. The van der Waals surface area contributed by atoms with Gasteiger partial charge in [-0.15, -0.1) is 0 Å². The molecule has 0 radical (unpaired) electrons. The second-order valence-electron chi connectivity index (χ2n) is 3.92. The summed E-state index contributed by atoms with van der Waals surface area (Å²) in [6.07, 6.45) is -1.84. The Kier molecular flexibility index (Phi) is 3.01. The predicted molar refractivity (Wildman–Crippen MR) is 61.7 cm³/mol.